The van der Waals surface area contributed by atoms with E-state index in [0.717, 1.165) is 17.0 Å². The van der Waals surface area contributed by atoms with Crippen molar-refractivity contribution in [1.82, 2.24) is 10.3 Å². The molecule has 1 amide bonds. The average molecular weight is 360 g/mol. The number of esters is 1. The molecule has 1 aromatic heterocycles. The fraction of sp³-hybridized carbons (Fsp3) is 0.421. The highest BCUT2D eigenvalue weighted by atomic mass is 32.1. The molecule has 5 nitrogen and oxygen atoms in total. The topological polar surface area (TPSA) is 68.3 Å². The predicted molar refractivity (Wildman–Crippen MR) is 99.7 cm³/mol. The predicted octanol–water partition coefficient (Wildman–Crippen LogP) is 3.83. The number of aromatic nitrogens is 1. The molecule has 1 atom stereocenters. The van der Waals surface area contributed by atoms with Gasteiger partial charge in [-0.1, -0.05) is 31.2 Å². The Labute approximate surface area is 152 Å². The van der Waals surface area contributed by atoms with Gasteiger partial charge in [0, 0.05) is 16.5 Å². The van der Waals surface area contributed by atoms with Crippen LogP contribution in [0.3, 0.4) is 0 Å². The normalized spacial score (nSPS) is 12.5. The van der Waals surface area contributed by atoms with Crippen LogP contribution in [0.15, 0.2) is 29.6 Å². The van der Waals surface area contributed by atoms with E-state index in [0.29, 0.717) is 0 Å². The Balaban J connectivity index is 2.03. The average Bonchev–Trinajstić information content (AvgIpc) is 3.03. The lowest BCUT2D eigenvalue weighted by molar-refractivity contribution is -0.130. The number of benzene rings is 1. The molecule has 2 rings (SSSR count). The summed E-state index contributed by atoms with van der Waals surface area (Å²) < 4.78 is 5.22. The lowest BCUT2D eigenvalue weighted by Crippen LogP contribution is -2.46. The Morgan fingerprint density at radius 1 is 1.24 bits per heavy atom. The first kappa shape index (κ1) is 19.1. The van der Waals surface area contributed by atoms with Crippen LogP contribution in [0.4, 0.5) is 0 Å². The van der Waals surface area contributed by atoms with Gasteiger partial charge in [0.15, 0.2) is 11.8 Å². The molecule has 134 valence electrons. The van der Waals surface area contributed by atoms with Gasteiger partial charge in [-0.2, -0.15) is 0 Å². The number of ether oxygens (including phenoxy) is 1. The number of aryl methyl sites for hydroxylation is 1. The SMILES string of the molecule is CCc1ccc(-c2nc(C(=O)O[C@@H](C)C(=O)NC(C)(C)C)cs2)cc1. The van der Waals surface area contributed by atoms with Gasteiger partial charge in [-0.05, 0) is 39.7 Å². The standard InChI is InChI=1S/C19H24N2O3S/c1-6-13-7-9-14(10-8-13)17-20-15(11-25-17)18(23)24-12(2)16(22)21-19(3,4)5/h7-12H,6H2,1-5H3,(H,21,22)/t12-/m0/s1. The van der Waals surface area contributed by atoms with E-state index in [-0.39, 0.29) is 17.1 Å². The summed E-state index contributed by atoms with van der Waals surface area (Å²) in [6, 6.07) is 8.08. The first-order valence-electron chi connectivity index (χ1n) is 8.27. The third-order valence-electron chi connectivity index (χ3n) is 3.47. The van der Waals surface area contributed by atoms with Crippen molar-refractivity contribution in [2.24, 2.45) is 0 Å². The highest BCUT2D eigenvalue weighted by molar-refractivity contribution is 7.13. The fourth-order valence-electron chi connectivity index (χ4n) is 2.13. The van der Waals surface area contributed by atoms with E-state index < -0.39 is 12.1 Å². The number of nitrogens with zero attached hydrogens (tertiary/aromatic N) is 1. The van der Waals surface area contributed by atoms with Gasteiger partial charge in [0.25, 0.3) is 5.91 Å². The number of rotatable bonds is 5. The maximum atomic E-state index is 12.2. The van der Waals surface area contributed by atoms with E-state index in [2.05, 4.69) is 17.2 Å². The van der Waals surface area contributed by atoms with Gasteiger partial charge in [0.05, 0.1) is 0 Å². The van der Waals surface area contributed by atoms with Gasteiger partial charge in [-0.25, -0.2) is 9.78 Å². The molecule has 0 bridgehead atoms. The van der Waals surface area contributed by atoms with Crippen LogP contribution in [0, 0.1) is 0 Å². The number of hydrogen-bond acceptors (Lipinski definition) is 5. The zero-order valence-electron chi connectivity index (χ0n) is 15.3. The van der Waals surface area contributed by atoms with Crippen LogP contribution in [-0.4, -0.2) is 28.5 Å². The molecule has 0 unspecified atom stereocenters. The molecule has 1 heterocycles. The second-order valence-corrected chi connectivity index (χ2v) is 7.73. The lowest BCUT2D eigenvalue weighted by Gasteiger charge is -2.23. The maximum Gasteiger partial charge on any atom is 0.358 e. The van der Waals surface area contributed by atoms with Gasteiger partial charge in [-0.15, -0.1) is 11.3 Å². The molecule has 2 aromatic rings. The van der Waals surface area contributed by atoms with Crippen LogP contribution in [0.2, 0.25) is 0 Å². The summed E-state index contributed by atoms with van der Waals surface area (Å²) in [5, 5.41) is 5.19. The molecule has 0 saturated carbocycles. The van der Waals surface area contributed by atoms with E-state index in [1.54, 1.807) is 12.3 Å². The zero-order chi connectivity index (χ0) is 18.6. The molecule has 0 aliphatic carbocycles. The molecule has 0 aliphatic rings. The second kappa shape index (κ2) is 7.78. The summed E-state index contributed by atoms with van der Waals surface area (Å²) in [6.45, 7) is 9.26. The molecule has 0 spiro atoms. The Morgan fingerprint density at radius 2 is 1.88 bits per heavy atom. The number of carbonyl (C=O) groups excluding carboxylic acids is 2. The van der Waals surface area contributed by atoms with Crippen LogP contribution in [-0.2, 0) is 16.0 Å². The van der Waals surface area contributed by atoms with Gasteiger partial charge < -0.3 is 10.1 Å². The van der Waals surface area contributed by atoms with Crippen molar-refractivity contribution in [2.45, 2.75) is 52.7 Å². The maximum absolute atomic E-state index is 12.2. The van der Waals surface area contributed by atoms with Crippen molar-refractivity contribution < 1.29 is 14.3 Å². The Bertz CT molecular complexity index is 745. The third kappa shape index (κ3) is 5.39. The molecule has 6 heteroatoms. The summed E-state index contributed by atoms with van der Waals surface area (Å²) in [6.07, 6.45) is 0.102. The van der Waals surface area contributed by atoms with Crippen molar-refractivity contribution in [3.8, 4) is 10.6 Å². The Hall–Kier alpha value is -2.21. The number of thiazole rings is 1. The minimum atomic E-state index is -0.874. The lowest BCUT2D eigenvalue weighted by atomic mass is 10.1. The van der Waals surface area contributed by atoms with Crippen LogP contribution in [0.1, 0.15) is 50.7 Å². The molecule has 0 aliphatic heterocycles. The quantitative estimate of drug-likeness (QED) is 0.823. The summed E-state index contributed by atoms with van der Waals surface area (Å²) in [5.41, 5.74) is 2.05. The monoisotopic (exact) mass is 360 g/mol. The van der Waals surface area contributed by atoms with Crippen molar-refractivity contribution in [3.05, 3.63) is 40.9 Å². The molecule has 0 radical (unpaired) electrons. The highest BCUT2D eigenvalue weighted by Crippen LogP contribution is 2.24. The van der Waals surface area contributed by atoms with E-state index in [9.17, 15) is 9.59 Å². The molecular weight excluding hydrogens is 336 g/mol. The first-order chi connectivity index (χ1) is 11.7. The van der Waals surface area contributed by atoms with Crippen LogP contribution in [0.5, 0.6) is 0 Å². The third-order valence-corrected chi connectivity index (χ3v) is 4.37. The molecule has 1 aromatic carbocycles. The van der Waals surface area contributed by atoms with Crippen LogP contribution >= 0.6 is 11.3 Å². The van der Waals surface area contributed by atoms with Gasteiger partial charge in [-0.3, -0.25) is 4.79 Å². The van der Waals surface area contributed by atoms with Gasteiger partial charge in [0.2, 0.25) is 0 Å². The fourth-order valence-corrected chi connectivity index (χ4v) is 2.92. The summed E-state index contributed by atoms with van der Waals surface area (Å²) >= 11 is 1.38. The largest absolute Gasteiger partial charge is 0.448 e. The number of nitrogens with one attached hydrogen (secondary N) is 1. The minimum absolute atomic E-state index is 0.218. The molecule has 1 N–H and O–H groups in total. The number of carbonyl (C=O) groups is 2. The second-order valence-electron chi connectivity index (χ2n) is 6.88. The van der Waals surface area contributed by atoms with Gasteiger partial charge in [0.1, 0.15) is 5.01 Å². The molecule has 0 fully saturated rings. The van der Waals surface area contributed by atoms with Crippen molar-refractivity contribution in [1.29, 1.82) is 0 Å². The Kier molecular flexibility index (Phi) is 5.95. The molecule has 25 heavy (non-hydrogen) atoms. The van der Waals surface area contributed by atoms with E-state index in [1.165, 1.54) is 16.9 Å². The zero-order valence-corrected chi connectivity index (χ0v) is 16.1. The minimum Gasteiger partial charge on any atom is -0.448 e. The highest BCUT2D eigenvalue weighted by Gasteiger charge is 2.24. The smallest absolute Gasteiger partial charge is 0.358 e. The van der Waals surface area contributed by atoms with Crippen LogP contribution in [0.25, 0.3) is 10.6 Å². The van der Waals surface area contributed by atoms with E-state index in [4.69, 9.17) is 4.74 Å². The summed E-state index contributed by atoms with van der Waals surface area (Å²) in [4.78, 5) is 28.6. The molecular formula is C19H24N2O3S. The number of hydrogen-bond donors (Lipinski definition) is 1. The van der Waals surface area contributed by atoms with Crippen molar-refractivity contribution in [2.75, 3.05) is 0 Å². The Morgan fingerprint density at radius 3 is 2.44 bits per heavy atom. The number of amides is 1. The van der Waals surface area contributed by atoms with Crippen LogP contribution < -0.4 is 5.32 Å². The van der Waals surface area contributed by atoms with Gasteiger partial charge >= 0.3 is 5.97 Å². The first-order valence-corrected chi connectivity index (χ1v) is 9.15. The van der Waals surface area contributed by atoms with Crippen molar-refractivity contribution >= 4 is 23.2 Å². The van der Waals surface area contributed by atoms with Crippen molar-refractivity contribution in [3.63, 3.8) is 0 Å². The summed E-state index contributed by atoms with van der Waals surface area (Å²) in [7, 11) is 0. The molecule has 0 saturated heterocycles. The van der Waals surface area contributed by atoms with E-state index in [1.807, 2.05) is 45.0 Å². The van der Waals surface area contributed by atoms with E-state index >= 15 is 0 Å². The summed E-state index contributed by atoms with van der Waals surface area (Å²) in [5.74, 6) is -0.921.